The summed E-state index contributed by atoms with van der Waals surface area (Å²) in [6.45, 7) is 2.75. The Hall–Kier alpha value is -1.35. The molecule has 17 heavy (non-hydrogen) atoms. The van der Waals surface area contributed by atoms with E-state index >= 15 is 0 Å². The van der Waals surface area contributed by atoms with Crippen molar-refractivity contribution < 1.29 is 9.90 Å². The predicted molar refractivity (Wildman–Crippen MR) is 66.9 cm³/mol. The van der Waals surface area contributed by atoms with Crippen molar-refractivity contribution in [3.05, 3.63) is 35.4 Å². The van der Waals surface area contributed by atoms with Crippen LogP contribution in [0.5, 0.6) is 0 Å². The maximum atomic E-state index is 12.1. The molecule has 0 heterocycles. The van der Waals surface area contributed by atoms with Gasteiger partial charge in [0.2, 0.25) is 0 Å². The third-order valence-electron chi connectivity index (χ3n) is 3.39. The van der Waals surface area contributed by atoms with Crippen LogP contribution in [-0.4, -0.2) is 35.6 Å². The highest BCUT2D eigenvalue weighted by Gasteiger charge is 2.29. The van der Waals surface area contributed by atoms with Gasteiger partial charge in [0.25, 0.3) is 5.91 Å². The maximum Gasteiger partial charge on any atom is 0.253 e. The molecule has 0 aliphatic heterocycles. The molecular formula is C14H19NO2. The van der Waals surface area contributed by atoms with Gasteiger partial charge in [-0.15, -0.1) is 0 Å². The number of hydrogen-bond donors (Lipinski definition) is 1. The number of benzene rings is 1. The second-order valence-electron chi connectivity index (χ2n) is 5.04. The van der Waals surface area contributed by atoms with Crippen molar-refractivity contribution in [2.24, 2.45) is 5.92 Å². The standard InChI is InChI=1S/C14H19NO2/c1-10-3-5-12(6-4-10)14(17)15(2)9-11-7-13(16)8-11/h3-6,11,13,16H,7-9H2,1-2H3. The summed E-state index contributed by atoms with van der Waals surface area (Å²) < 4.78 is 0. The number of rotatable bonds is 3. The first-order chi connectivity index (χ1) is 8.06. The van der Waals surface area contributed by atoms with E-state index in [0.717, 1.165) is 30.5 Å². The summed E-state index contributed by atoms with van der Waals surface area (Å²) >= 11 is 0. The van der Waals surface area contributed by atoms with Crippen LogP contribution in [0.25, 0.3) is 0 Å². The molecule has 0 spiro atoms. The van der Waals surface area contributed by atoms with Gasteiger partial charge < -0.3 is 10.0 Å². The normalized spacial score (nSPS) is 23.0. The Labute approximate surface area is 102 Å². The third kappa shape index (κ3) is 2.86. The largest absolute Gasteiger partial charge is 0.393 e. The summed E-state index contributed by atoms with van der Waals surface area (Å²) in [4.78, 5) is 13.8. The highest BCUT2D eigenvalue weighted by molar-refractivity contribution is 5.94. The van der Waals surface area contributed by atoms with Crippen LogP contribution in [0.2, 0.25) is 0 Å². The lowest BCUT2D eigenvalue weighted by Gasteiger charge is -2.34. The number of carbonyl (C=O) groups is 1. The molecule has 1 aromatic rings. The van der Waals surface area contributed by atoms with E-state index in [9.17, 15) is 9.90 Å². The minimum absolute atomic E-state index is 0.0615. The highest BCUT2D eigenvalue weighted by Crippen LogP contribution is 2.27. The van der Waals surface area contributed by atoms with Gasteiger partial charge in [-0.3, -0.25) is 4.79 Å². The SMILES string of the molecule is Cc1ccc(C(=O)N(C)CC2CC(O)C2)cc1. The molecule has 3 nitrogen and oxygen atoms in total. The van der Waals surface area contributed by atoms with E-state index < -0.39 is 0 Å². The topological polar surface area (TPSA) is 40.5 Å². The minimum atomic E-state index is -0.150. The fourth-order valence-electron chi connectivity index (χ4n) is 2.24. The van der Waals surface area contributed by atoms with E-state index in [4.69, 9.17) is 0 Å². The molecule has 1 saturated carbocycles. The Morgan fingerprint density at radius 1 is 1.35 bits per heavy atom. The first-order valence-electron chi connectivity index (χ1n) is 6.06. The van der Waals surface area contributed by atoms with Crippen LogP contribution in [0.15, 0.2) is 24.3 Å². The van der Waals surface area contributed by atoms with Crippen LogP contribution in [0, 0.1) is 12.8 Å². The maximum absolute atomic E-state index is 12.1. The first kappa shape index (κ1) is 12.1. The zero-order valence-electron chi connectivity index (χ0n) is 10.4. The molecule has 1 fully saturated rings. The Balaban J connectivity index is 1.92. The minimum Gasteiger partial charge on any atom is -0.393 e. The third-order valence-corrected chi connectivity index (χ3v) is 3.39. The fourth-order valence-corrected chi connectivity index (χ4v) is 2.24. The molecule has 0 bridgehead atoms. The van der Waals surface area contributed by atoms with Crippen molar-refractivity contribution in [2.45, 2.75) is 25.9 Å². The molecule has 1 aliphatic rings. The van der Waals surface area contributed by atoms with Gasteiger partial charge in [0.1, 0.15) is 0 Å². The Kier molecular flexibility index (Phi) is 3.48. The molecular weight excluding hydrogens is 214 g/mol. The second kappa shape index (κ2) is 4.88. The number of aryl methyl sites for hydroxylation is 1. The predicted octanol–water partition coefficient (Wildman–Crippen LogP) is 1.84. The summed E-state index contributed by atoms with van der Waals surface area (Å²) in [7, 11) is 1.83. The van der Waals surface area contributed by atoms with Crippen molar-refractivity contribution in [1.29, 1.82) is 0 Å². The lowest BCUT2D eigenvalue weighted by atomic mass is 9.82. The molecule has 0 radical (unpaired) electrons. The van der Waals surface area contributed by atoms with Crippen LogP contribution in [0.3, 0.4) is 0 Å². The van der Waals surface area contributed by atoms with Crippen molar-refractivity contribution in [3.8, 4) is 0 Å². The number of aliphatic hydroxyl groups is 1. The molecule has 0 saturated heterocycles. The Morgan fingerprint density at radius 3 is 2.47 bits per heavy atom. The van der Waals surface area contributed by atoms with Gasteiger partial charge in [-0.05, 0) is 37.8 Å². The lowest BCUT2D eigenvalue weighted by Crippen LogP contribution is -2.39. The van der Waals surface area contributed by atoms with Crippen molar-refractivity contribution >= 4 is 5.91 Å². The Morgan fingerprint density at radius 2 is 1.94 bits per heavy atom. The van der Waals surface area contributed by atoms with Crippen molar-refractivity contribution in [1.82, 2.24) is 4.90 Å². The van der Waals surface area contributed by atoms with Crippen LogP contribution in [0.1, 0.15) is 28.8 Å². The van der Waals surface area contributed by atoms with Gasteiger partial charge >= 0.3 is 0 Å². The summed E-state index contributed by atoms with van der Waals surface area (Å²) in [5, 5.41) is 9.21. The Bertz CT molecular complexity index is 393. The molecule has 92 valence electrons. The quantitative estimate of drug-likeness (QED) is 0.865. The lowest BCUT2D eigenvalue weighted by molar-refractivity contribution is 0.0265. The summed E-state index contributed by atoms with van der Waals surface area (Å²) in [6, 6.07) is 7.63. The van der Waals surface area contributed by atoms with Gasteiger partial charge in [0.15, 0.2) is 0 Å². The van der Waals surface area contributed by atoms with E-state index in [1.165, 1.54) is 0 Å². The molecule has 3 heteroatoms. The van der Waals surface area contributed by atoms with Gasteiger partial charge in [0.05, 0.1) is 6.10 Å². The molecule has 1 N–H and O–H groups in total. The van der Waals surface area contributed by atoms with Crippen molar-refractivity contribution in [2.75, 3.05) is 13.6 Å². The molecule has 1 aromatic carbocycles. The zero-order valence-corrected chi connectivity index (χ0v) is 10.4. The second-order valence-corrected chi connectivity index (χ2v) is 5.04. The molecule has 0 unspecified atom stereocenters. The first-order valence-corrected chi connectivity index (χ1v) is 6.06. The zero-order chi connectivity index (χ0) is 12.4. The monoisotopic (exact) mass is 233 g/mol. The van der Waals surface area contributed by atoms with Gasteiger partial charge in [-0.1, -0.05) is 17.7 Å². The number of aliphatic hydroxyl groups excluding tert-OH is 1. The van der Waals surface area contributed by atoms with Crippen LogP contribution in [-0.2, 0) is 0 Å². The van der Waals surface area contributed by atoms with Gasteiger partial charge in [-0.25, -0.2) is 0 Å². The van der Waals surface area contributed by atoms with E-state index in [-0.39, 0.29) is 12.0 Å². The number of amides is 1. The van der Waals surface area contributed by atoms with Crippen LogP contribution in [0.4, 0.5) is 0 Å². The number of nitrogens with zero attached hydrogens (tertiary/aromatic N) is 1. The molecule has 2 rings (SSSR count). The van der Waals surface area contributed by atoms with E-state index in [2.05, 4.69) is 0 Å². The highest BCUT2D eigenvalue weighted by atomic mass is 16.3. The van der Waals surface area contributed by atoms with Crippen LogP contribution >= 0.6 is 0 Å². The number of hydrogen-bond acceptors (Lipinski definition) is 2. The van der Waals surface area contributed by atoms with E-state index in [0.29, 0.717) is 5.92 Å². The summed E-state index contributed by atoms with van der Waals surface area (Å²) in [5.74, 6) is 0.524. The average molecular weight is 233 g/mol. The van der Waals surface area contributed by atoms with E-state index in [1.54, 1.807) is 4.90 Å². The molecule has 0 atom stereocenters. The van der Waals surface area contributed by atoms with Gasteiger partial charge in [-0.2, -0.15) is 0 Å². The van der Waals surface area contributed by atoms with Crippen LogP contribution < -0.4 is 0 Å². The van der Waals surface area contributed by atoms with Gasteiger partial charge in [0, 0.05) is 19.2 Å². The molecule has 1 aliphatic carbocycles. The fraction of sp³-hybridized carbons (Fsp3) is 0.500. The van der Waals surface area contributed by atoms with Crippen molar-refractivity contribution in [3.63, 3.8) is 0 Å². The molecule has 1 amide bonds. The average Bonchev–Trinajstić information content (AvgIpc) is 2.27. The summed E-state index contributed by atoms with van der Waals surface area (Å²) in [5.41, 5.74) is 1.89. The summed E-state index contributed by atoms with van der Waals surface area (Å²) in [6.07, 6.45) is 1.50. The van der Waals surface area contributed by atoms with E-state index in [1.807, 2.05) is 38.2 Å². The number of carbonyl (C=O) groups excluding carboxylic acids is 1. The smallest absolute Gasteiger partial charge is 0.253 e. The molecule has 0 aromatic heterocycles.